The molecular weight excluding hydrogens is 263 g/mol. The van der Waals surface area contributed by atoms with Crippen LogP contribution in [0.15, 0.2) is 12.1 Å². The van der Waals surface area contributed by atoms with Gasteiger partial charge in [-0.1, -0.05) is 0 Å². The molecule has 1 heterocycles. The molecule has 0 spiro atoms. The van der Waals surface area contributed by atoms with Gasteiger partial charge in [0.05, 0.1) is 18.0 Å². The van der Waals surface area contributed by atoms with Crippen LogP contribution in [0.5, 0.6) is 0 Å². The molecule has 1 aliphatic carbocycles. The molecule has 0 radical (unpaired) electrons. The number of halogens is 3. The van der Waals surface area contributed by atoms with Crippen molar-refractivity contribution in [1.82, 2.24) is 4.90 Å². The Morgan fingerprint density at radius 3 is 2.56 bits per heavy atom. The van der Waals surface area contributed by atoms with Crippen LogP contribution >= 0.6 is 11.3 Å². The van der Waals surface area contributed by atoms with Gasteiger partial charge < -0.3 is 0 Å². The topological polar surface area (TPSA) is 20.3 Å². The molecule has 1 aliphatic rings. The predicted molar refractivity (Wildman–Crippen MR) is 64.0 cm³/mol. The maximum Gasteiger partial charge on any atom is 0.401 e. The molecule has 6 heteroatoms. The Kier molecular flexibility index (Phi) is 3.77. The smallest absolute Gasteiger partial charge is 0.292 e. The highest BCUT2D eigenvalue weighted by Gasteiger charge is 2.38. The van der Waals surface area contributed by atoms with Crippen LogP contribution in [-0.2, 0) is 0 Å². The van der Waals surface area contributed by atoms with Crippen molar-refractivity contribution in [2.45, 2.75) is 32.0 Å². The van der Waals surface area contributed by atoms with E-state index >= 15 is 0 Å². The number of carbonyl (C=O) groups excluding carboxylic acids is 1. The van der Waals surface area contributed by atoms with Crippen LogP contribution in [0, 0.1) is 6.92 Å². The number of hydrogen-bond acceptors (Lipinski definition) is 3. The first kappa shape index (κ1) is 13.5. The van der Waals surface area contributed by atoms with Crippen molar-refractivity contribution in [3.63, 3.8) is 0 Å². The first-order valence-electron chi connectivity index (χ1n) is 5.75. The second kappa shape index (κ2) is 5.01. The summed E-state index contributed by atoms with van der Waals surface area (Å²) in [6, 6.07) is 3.42. The lowest BCUT2D eigenvalue weighted by molar-refractivity contribution is -0.145. The number of aryl methyl sites for hydroxylation is 1. The van der Waals surface area contributed by atoms with Gasteiger partial charge in [-0.2, -0.15) is 13.2 Å². The summed E-state index contributed by atoms with van der Waals surface area (Å²) in [5, 5.41) is 0. The molecule has 0 amide bonds. The average molecular weight is 277 g/mol. The number of ketones is 1. The molecule has 0 aliphatic heterocycles. The molecular formula is C12H14F3NOS. The molecule has 1 aromatic heterocycles. The normalized spacial score (nSPS) is 16.3. The lowest BCUT2D eigenvalue weighted by Crippen LogP contribution is -2.39. The van der Waals surface area contributed by atoms with Crippen molar-refractivity contribution in [3.05, 3.63) is 21.9 Å². The quantitative estimate of drug-likeness (QED) is 0.770. The largest absolute Gasteiger partial charge is 0.401 e. The lowest BCUT2D eigenvalue weighted by atomic mass is 10.3. The van der Waals surface area contributed by atoms with E-state index in [1.165, 1.54) is 16.2 Å². The van der Waals surface area contributed by atoms with Gasteiger partial charge in [0.15, 0.2) is 5.78 Å². The number of Topliss-reactive ketones (excluding diaryl/α,β-unsaturated/α-hetero) is 1. The summed E-state index contributed by atoms with van der Waals surface area (Å²) in [5.41, 5.74) is 0. The predicted octanol–water partition coefficient (Wildman–Crippen LogP) is 3.27. The minimum absolute atomic E-state index is 0.0726. The minimum Gasteiger partial charge on any atom is -0.292 e. The van der Waals surface area contributed by atoms with Crippen LogP contribution in [0.4, 0.5) is 13.2 Å². The SMILES string of the molecule is Cc1ccc(C(=O)CN(CC(F)(F)F)C2CC2)s1. The zero-order valence-electron chi connectivity index (χ0n) is 9.96. The summed E-state index contributed by atoms with van der Waals surface area (Å²) in [6.45, 7) is 0.744. The van der Waals surface area contributed by atoms with Crippen LogP contribution in [0.25, 0.3) is 0 Å². The maximum absolute atomic E-state index is 12.4. The standard InChI is InChI=1S/C12H14F3NOS/c1-8-2-5-11(18-8)10(17)6-16(9-3-4-9)7-12(13,14)15/h2,5,9H,3-4,6-7H2,1H3. The molecule has 0 unspecified atom stereocenters. The fraction of sp³-hybridized carbons (Fsp3) is 0.583. The summed E-state index contributed by atoms with van der Waals surface area (Å²) in [4.78, 5) is 14.7. The van der Waals surface area contributed by atoms with Crippen molar-refractivity contribution in [1.29, 1.82) is 0 Å². The molecule has 0 N–H and O–H groups in total. The maximum atomic E-state index is 12.4. The average Bonchev–Trinajstić information content (AvgIpc) is 2.98. The van der Waals surface area contributed by atoms with E-state index in [-0.39, 0.29) is 18.4 Å². The van der Waals surface area contributed by atoms with Crippen molar-refractivity contribution >= 4 is 17.1 Å². The van der Waals surface area contributed by atoms with Gasteiger partial charge in [-0.3, -0.25) is 9.69 Å². The third-order valence-electron chi connectivity index (χ3n) is 2.81. The number of thiophene rings is 1. The second-order valence-electron chi connectivity index (χ2n) is 4.58. The number of nitrogens with zero attached hydrogens (tertiary/aromatic N) is 1. The summed E-state index contributed by atoms with van der Waals surface area (Å²) in [7, 11) is 0. The van der Waals surface area contributed by atoms with Gasteiger partial charge >= 0.3 is 6.18 Å². The van der Waals surface area contributed by atoms with Crippen LogP contribution in [0.1, 0.15) is 27.4 Å². The van der Waals surface area contributed by atoms with Crippen molar-refractivity contribution in [3.8, 4) is 0 Å². The number of hydrogen-bond donors (Lipinski definition) is 0. The van der Waals surface area contributed by atoms with Gasteiger partial charge in [0, 0.05) is 10.9 Å². The van der Waals surface area contributed by atoms with Crippen LogP contribution in [0.3, 0.4) is 0 Å². The first-order valence-corrected chi connectivity index (χ1v) is 6.57. The fourth-order valence-corrected chi connectivity index (χ4v) is 2.63. The Morgan fingerprint density at radius 2 is 2.11 bits per heavy atom. The van der Waals surface area contributed by atoms with E-state index < -0.39 is 12.7 Å². The number of carbonyl (C=O) groups is 1. The molecule has 18 heavy (non-hydrogen) atoms. The molecule has 2 nitrogen and oxygen atoms in total. The molecule has 0 aromatic carbocycles. The first-order chi connectivity index (χ1) is 8.35. The molecule has 0 atom stereocenters. The minimum atomic E-state index is -4.24. The van der Waals surface area contributed by atoms with Crippen molar-refractivity contribution in [2.24, 2.45) is 0 Å². The van der Waals surface area contributed by atoms with Crippen LogP contribution < -0.4 is 0 Å². The zero-order valence-corrected chi connectivity index (χ0v) is 10.8. The van der Waals surface area contributed by atoms with Gasteiger partial charge in [-0.15, -0.1) is 11.3 Å². The van der Waals surface area contributed by atoms with Gasteiger partial charge in [0.25, 0.3) is 0 Å². The molecule has 0 bridgehead atoms. The Bertz CT molecular complexity index is 437. The van der Waals surface area contributed by atoms with E-state index in [0.29, 0.717) is 4.88 Å². The van der Waals surface area contributed by atoms with Crippen molar-refractivity contribution < 1.29 is 18.0 Å². The van der Waals surface area contributed by atoms with Gasteiger partial charge in [0.1, 0.15) is 0 Å². The summed E-state index contributed by atoms with van der Waals surface area (Å²) in [5.74, 6) is -0.218. The Hall–Kier alpha value is -0.880. The summed E-state index contributed by atoms with van der Waals surface area (Å²) < 4.78 is 37.2. The third kappa shape index (κ3) is 3.81. The van der Waals surface area contributed by atoms with E-state index in [4.69, 9.17) is 0 Å². The molecule has 0 saturated heterocycles. The summed E-state index contributed by atoms with van der Waals surface area (Å²) >= 11 is 1.33. The molecule has 1 aromatic rings. The Labute approximate surface area is 107 Å². The van der Waals surface area contributed by atoms with Crippen LogP contribution in [-0.4, -0.2) is 36.0 Å². The molecule has 2 rings (SSSR count). The van der Waals surface area contributed by atoms with E-state index in [0.717, 1.165) is 17.7 Å². The highest BCUT2D eigenvalue weighted by Crippen LogP contribution is 2.30. The zero-order chi connectivity index (χ0) is 13.3. The third-order valence-corrected chi connectivity index (χ3v) is 3.85. The van der Waals surface area contributed by atoms with Crippen molar-refractivity contribution in [2.75, 3.05) is 13.1 Å². The van der Waals surface area contributed by atoms with E-state index in [2.05, 4.69) is 0 Å². The van der Waals surface area contributed by atoms with E-state index in [9.17, 15) is 18.0 Å². The lowest BCUT2D eigenvalue weighted by Gasteiger charge is -2.22. The molecule has 1 saturated carbocycles. The monoisotopic (exact) mass is 277 g/mol. The highest BCUT2D eigenvalue weighted by atomic mass is 32.1. The second-order valence-corrected chi connectivity index (χ2v) is 5.87. The van der Waals surface area contributed by atoms with E-state index in [1.54, 1.807) is 6.07 Å². The van der Waals surface area contributed by atoms with E-state index in [1.807, 2.05) is 13.0 Å². The Balaban J connectivity index is 1.98. The fourth-order valence-electron chi connectivity index (χ4n) is 1.83. The molecule has 1 fully saturated rings. The Morgan fingerprint density at radius 1 is 1.44 bits per heavy atom. The van der Waals surface area contributed by atoms with Gasteiger partial charge in [-0.05, 0) is 31.9 Å². The van der Waals surface area contributed by atoms with Crippen LogP contribution in [0.2, 0.25) is 0 Å². The highest BCUT2D eigenvalue weighted by molar-refractivity contribution is 7.14. The van der Waals surface area contributed by atoms with Gasteiger partial charge in [0.2, 0.25) is 0 Å². The molecule has 100 valence electrons. The number of rotatable bonds is 5. The van der Waals surface area contributed by atoms with Gasteiger partial charge in [-0.25, -0.2) is 0 Å². The summed E-state index contributed by atoms with van der Waals surface area (Å²) in [6.07, 6.45) is -2.73. The number of alkyl halides is 3.